The molecular formula is C31H34N4O8S. The first-order chi connectivity index (χ1) is 21.1. The number of carbonyl (C=O) groups excluding carboxylic acids is 2. The van der Waals surface area contributed by atoms with Crippen LogP contribution in [-0.4, -0.2) is 89.4 Å². The monoisotopic (exact) mass is 622 g/mol. The summed E-state index contributed by atoms with van der Waals surface area (Å²) >= 11 is 1.40. The van der Waals surface area contributed by atoms with Gasteiger partial charge in [0, 0.05) is 47.0 Å². The second-order valence-electron chi connectivity index (χ2n) is 12.1. The minimum absolute atomic E-state index is 0.0273. The standard InChI is InChI=1S/C31H34N4O8S/c1-12-6-15-7-17-18(8-32)35-19-9-41-31(39)16(33-14(3)36)10-44-30(22-21(19)29-28(42-11-43-29)13(2)25(22)37)24(35)23(34(17)4)20(15)26(38)27(12)40-5/h6,16-19,23-24,30,37-38H,7,9-11H2,1-5H3,(H,33,36)/t16?,17-,18+,19+,23+,24?,30-/m1/s1. The third kappa shape index (κ3) is 3.90. The van der Waals surface area contributed by atoms with Crippen LogP contribution in [-0.2, 0) is 20.7 Å². The maximum absolute atomic E-state index is 13.3. The number of amides is 1. The molecule has 2 aromatic carbocycles. The SMILES string of the molecule is COc1c(C)cc2c(c1O)[C@H]1C3[C@@H]4SCC(NC(C)=O)C(=O)OC[C@@H](c5c6c(c(C)c(O)c54)OCO6)N3[C@@H](C#N)[C@@H](C2)N1C. The van der Waals surface area contributed by atoms with Gasteiger partial charge in [-0.3, -0.25) is 14.6 Å². The van der Waals surface area contributed by atoms with Crippen molar-refractivity contribution < 1.29 is 38.7 Å². The van der Waals surface area contributed by atoms with Crippen LogP contribution < -0.4 is 19.5 Å². The molecular weight excluding hydrogens is 588 g/mol. The van der Waals surface area contributed by atoms with E-state index in [0.717, 1.165) is 16.7 Å². The van der Waals surface area contributed by atoms with E-state index >= 15 is 0 Å². The van der Waals surface area contributed by atoms with E-state index in [1.54, 1.807) is 6.92 Å². The van der Waals surface area contributed by atoms with Crippen LogP contribution in [0, 0.1) is 25.2 Å². The average Bonchev–Trinajstić information content (AvgIpc) is 3.47. The number of cyclic esters (lactones) is 1. The van der Waals surface area contributed by atoms with Gasteiger partial charge in [0.25, 0.3) is 0 Å². The Bertz CT molecular complexity index is 1640. The number of thioether (sulfide) groups is 1. The van der Waals surface area contributed by atoms with Crippen LogP contribution in [0.2, 0.25) is 0 Å². The van der Waals surface area contributed by atoms with Crippen LogP contribution in [0.5, 0.6) is 28.7 Å². The summed E-state index contributed by atoms with van der Waals surface area (Å²) in [7, 11) is 3.49. The van der Waals surface area contributed by atoms with Gasteiger partial charge < -0.3 is 34.5 Å². The van der Waals surface area contributed by atoms with Crippen LogP contribution in [0.3, 0.4) is 0 Å². The predicted molar refractivity (Wildman–Crippen MR) is 158 cm³/mol. The summed E-state index contributed by atoms with van der Waals surface area (Å²) in [6.07, 6.45) is 0.515. The second kappa shape index (κ2) is 10.4. The van der Waals surface area contributed by atoms with E-state index in [2.05, 4.69) is 21.2 Å². The van der Waals surface area contributed by atoms with Crippen molar-refractivity contribution in [3.05, 3.63) is 39.4 Å². The summed E-state index contributed by atoms with van der Waals surface area (Å²) in [6.45, 7) is 4.83. The number of nitriles is 1. The number of phenolic OH excluding ortho intramolecular Hbond substituents is 2. The number of esters is 1. The highest BCUT2D eigenvalue weighted by molar-refractivity contribution is 7.99. The van der Waals surface area contributed by atoms with Gasteiger partial charge in [-0.05, 0) is 38.4 Å². The number of likely N-dealkylation sites (N-methyl/N-ethyl adjacent to an activating group) is 1. The van der Waals surface area contributed by atoms with E-state index in [0.29, 0.717) is 40.4 Å². The van der Waals surface area contributed by atoms with E-state index in [1.807, 2.05) is 20.0 Å². The lowest BCUT2D eigenvalue weighted by molar-refractivity contribution is -0.152. The van der Waals surface area contributed by atoms with Crippen LogP contribution in [0.1, 0.15) is 57.6 Å². The zero-order valence-corrected chi connectivity index (χ0v) is 25.9. The Hall–Kier alpha value is -3.86. The number of nitrogens with one attached hydrogen (secondary N) is 1. The molecule has 232 valence electrons. The first kappa shape index (κ1) is 28.9. The fraction of sp³-hybridized carbons (Fsp3) is 0.516. The van der Waals surface area contributed by atoms with Gasteiger partial charge in [0.05, 0.1) is 30.5 Å². The Balaban J connectivity index is 1.51. The van der Waals surface area contributed by atoms with E-state index in [1.165, 1.54) is 25.8 Å². The number of hydrogen-bond donors (Lipinski definition) is 3. The molecule has 0 spiro atoms. The van der Waals surface area contributed by atoms with Crippen molar-refractivity contribution in [2.45, 2.75) is 68.7 Å². The average molecular weight is 623 g/mol. The molecule has 1 amide bonds. The number of rotatable bonds is 2. The number of nitrogens with zero attached hydrogens (tertiary/aromatic N) is 3. The number of benzene rings is 2. The van der Waals surface area contributed by atoms with Gasteiger partial charge >= 0.3 is 5.97 Å². The Morgan fingerprint density at radius 3 is 2.61 bits per heavy atom. The normalized spacial score (nSPS) is 30.4. The number of aryl methyl sites for hydroxylation is 1. The molecule has 2 saturated heterocycles. The van der Waals surface area contributed by atoms with Crippen LogP contribution in [0.4, 0.5) is 0 Å². The number of ether oxygens (including phenoxy) is 4. The minimum Gasteiger partial charge on any atom is -0.507 e. The van der Waals surface area contributed by atoms with E-state index in [9.17, 15) is 25.1 Å². The molecule has 4 bridgehead atoms. The fourth-order valence-corrected chi connectivity index (χ4v) is 9.56. The maximum atomic E-state index is 13.3. The van der Waals surface area contributed by atoms with Crippen molar-refractivity contribution in [1.82, 2.24) is 15.1 Å². The molecule has 5 aliphatic heterocycles. The summed E-state index contributed by atoms with van der Waals surface area (Å²) in [5.74, 6) is 0.614. The Morgan fingerprint density at radius 1 is 1.16 bits per heavy atom. The highest BCUT2D eigenvalue weighted by Gasteiger charge is 2.60. The summed E-state index contributed by atoms with van der Waals surface area (Å²) in [6, 6.07) is 1.22. The topological polar surface area (TPSA) is 154 Å². The zero-order chi connectivity index (χ0) is 31.2. The molecule has 2 fully saturated rings. The number of fused-ring (bicyclic) bond motifs is 9. The lowest BCUT2D eigenvalue weighted by Crippen LogP contribution is -2.69. The predicted octanol–water partition coefficient (Wildman–Crippen LogP) is 2.52. The first-order valence-corrected chi connectivity index (χ1v) is 15.6. The van der Waals surface area contributed by atoms with Crippen LogP contribution in [0.25, 0.3) is 0 Å². The molecule has 44 heavy (non-hydrogen) atoms. The maximum Gasteiger partial charge on any atom is 0.329 e. The van der Waals surface area contributed by atoms with Gasteiger partial charge in [0.2, 0.25) is 12.7 Å². The van der Waals surface area contributed by atoms with Gasteiger partial charge in [0.15, 0.2) is 23.0 Å². The molecule has 0 radical (unpaired) electrons. The molecule has 7 atom stereocenters. The summed E-state index contributed by atoms with van der Waals surface area (Å²) in [5, 5.41) is 36.6. The lowest BCUT2D eigenvalue weighted by atomic mass is 9.71. The van der Waals surface area contributed by atoms with Crippen LogP contribution >= 0.6 is 11.8 Å². The smallest absolute Gasteiger partial charge is 0.329 e. The van der Waals surface area contributed by atoms with Crippen molar-refractivity contribution in [2.24, 2.45) is 0 Å². The summed E-state index contributed by atoms with van der Waals surface area (Å²) in [5.41, 5.74) is 4.25. The number of hydrogen-bond acceptors (Lipinski definition) is 12. The highest BCUT2D eigenvalue weighted by atomic mass is 32.2. The van der Waals surface area contributed by atoms with Gasteiger partial charge in [0.1, 0.15) is 24.4 Å². The van der Waals surface area contributed by atoms with E-state index < -0.39 is 41.4 Å². The molecule has 0 saturated carbocycles. The molecule has 5 aliphatic rings. The van der Waals surface area contributed by atoms with Gasteiger partial charge in [-0.1, -0.05) is 6.07 Å². The summed E-state index contributed by atoms with van der Waals surface area (Å²) < 4.78 is 23.3. The molecule has 2 aromatic rings. The third-order valence-corrected chi connectivity index (χ3v) is 11.2. The second-order valence-corrected chi connectivity index (χ2v) is 13.2. The van der Waals surface area contributed by atoms with Crippen LogP contribution in [0.15, 0.2) is 6.07 Å². The molecule has 13 heteroatoms. The Labute approximate surface area is 258 Å². The molecule has 5 heterocycles. The van der Waals surface area contributed by atoms with Crippen molar-refractivity contribution in [3.63, 3.8) is 0 Å². The molecule has 2 unspecified atom stereocenters. The minimum atomic E-state index is -0.915. The van der Waals surface area contributed by atoms with Gasteiger partial charge in [-0.2, -0.15) is 5.26 Å². The van der Waals surface area contributed by atoms with Crippen molar-refractivity contribution in [2.75, 3.05) is 33.3 Å². The lowest BCUT2D eigenvalue weighted by Gasteiger charge is -2.61. The molecule has 0 aliphatic carbocycles. The fourth-order valence-electron chi connectivity index (χ4n) is 8.05. The number of methoxy groups -OCH3 is 1. The molecule has 3 N–H and O–H groups in total. The summed E-state index contributed by atoms with van der Waals surface area (Å²) in [4.78, 5) is 29.6. The molecule has 0 aromatic heterocycles. The zero-order valence-electron chi connectivity index (χ0n) is 25.0. The largest absolute Gasteiger partial charge is 0.507 e. The molecule has 12 nitrogen and oxygen atoms in total. The number of aromatic hydroxyl groups is 2. The Kier molecular flexibility index (Phi) is 6.80. The van der Waals surface area contributed by atoms with Crippen molar-refractivity contribution in [3.8, 4) is 34.8 Å². The Morgan fingerprint density at radius 2 is 1.91 bits per heavy atom. The van der Waals surface area contributed by atoms with E-state index in [-0.39, 0.29) is 42.6 Å². The first-order valence-electron chi connectivity index (χ1n) is 14.6. The van der Waals surface area contributed by atoms with Crippen molar-refractivity contribution in [1.29, 1.82) is 5.26 Å². The number of phenols is 2. The third-order valence-electron chi connectivity index (χ3n) is 9.82. The highest BCUT2D eigenvalue weighted by Crippen LogP contribution is 2.63. The van der Waals surface area contributed by atoms with Gasteiger partial charge in [-0.15, -0.1) is 11.8 Å². The van der Waals surface area contributed by atoms with Gasteiger partial charge in [-0.25, -0.2) is 4.79 Å². The van der Waals surface area contributed by atoms with E-state index in [4.69, 9.17) is 18.9 Å². The molecule has 7 rings (SSSR count). The quantitative estimate of drug-likeness (QED) is 0.422. The number of piperazine rings is 1. The number of carbonyl (C=O) groups is 2. The van der Waals surface area contributed by atoms with Crippen molar-refractivity contribution >= 4 is 23.6 Å².